The highest BCUT2D eigenvalue weighted by Crippen LogP contribution is 2.14. The van der Waals surface area contributed by atoms with E-state index in [4.69, 9.17) is 5.11 Å². The van der Waals surface area contributed by atoms with Gasteiger partial charge in [-0.25, -0.2) is 0 Å². The van der Waals surface area contributed by atoms with Crippen LogP contribution in [0.25, 0.3) is 0 Å². The maximum atomic E-state index is 11.8. The molecular weight excluding hydrogens is 478 g/mol. The largest absolute Gasteiger partial charge is 0.394 e. The van der Waals surface area contributed by atoms with Gasteiger partial charge in [-0.05, 0) is 12.8 Å². The molecule has 0 spiro atoms. The normalized spacial score (nSPS) is 15.3. The van der Waals surface area contributed by atoms with Gasteiger partial charge < -0.3 is 30.8 Å². The summed E-state index contributed by atoms with van der Waals surface area (Å²) in [6.07, 6.45) is 13.1. The van der Waals surface area contributed by atoms with Gasteiger partial charge in [0.15, 0.2) is 6.10 Å². The average Bonchev–Trinajstić information content (AvgIpc) is 2.81. The highest BCUT2D eigenvalue weighted by Gasteiger charge is 2.33. The Balaban J connectivity index is 3.42. The zero-order chi connectivity index (χ0) is 24.0. The second-order valence-corrected chi connectivity index (χ2v) is 9.61. The summed E-state index contributed by atoms with van der Waals surface area (Å²) in [4.78, 5) is 11.8. The van der Waals surface area contributed by atoms with Crippen molar-refractivity contribution in [3.05, 3.63) is 0 Å². The standard InChI is InChI=1S/C24H48BrNO6/c25-17-15-13-11-9-7-5-3-1-2-4-6-8-10-12-14-16-18-26-24(32)23(31)22(30)21(29)20(28)19-27/h20-23,27-31H,1-19H2,(H,26,32)/t20-,21-,22+,23-/m1/s1. The van der Waals surface area contributed by atoms with Gasteiger partial charge in [0, 0.05) is 11.9 Å². The first-order chi connectivity index (χ1) is 15.5. The molecule has 0 aromatic carbocycles. The van der Waals surface area contributed by atoms with E-state index in [9.17, 15) is 25.2 Å². The second-order valence-electron chi connectivity index (χ2n) is 8.81. The maximum Gasteiger partial charge on any atom is 0.251 e. The van der Waals surface area contributed by atoms with Crippen molar-refractivity contribution < 1.29 is 30.3 Å². The second kappa shape index (κ2) is 22.5. The Morgan fingerprint density at radius 3 is 1.38 bits per heavy atom. The van der Waals surface area contributed by atoms with Crippen molar-refractivity contribution in [2.45, 2.75) is 127 Å². The van der Waals surface area contributed by atoms with Crippen LogP contribution < -0.4 is 5.32 Å². The minimum atomic E-state index is -1.86. The predicted molar refractivity (Wildman–Crippen MR) is 132 cm³/mol. The lowest BCUT2D eigenvalue weighted by atomic mass is 10.0. The molecule has 0 bridgehead atoms. The third-order valence-electron chi connectivity index (χ3n) is 5.88. The minimum Gasteiger partial charge on any atom is -0.394 e. The van der Waals surface area contributed by atoms with Gasteiger partial charge in [-0.15, -0.1) is 0 Å². The van der Waals surface area contributed by atoms with Crippen molar-refractivity contribution in [2.24, 2.45) is 0 Å². The van der Waals surface area contributed by atoms with E-state index >= 15 is 0 Å². The number of amides is 1. The van der Waals surface area contributed by atoms with E-state index in [1.807, 2.05) is 0 Å². The number of halogens is 1. The summed E-state index contributed by atoms with van der Waals surface area (Å²) in [5.74, 6) is -0.795. The molecule has 0 fully saturated rings. The number of aliphatic hydroxyl groups excluding tert-OH is 5. The molecule has 1 amide bonds. The van der Waals surface area contributed by atoms with Crippen molar-refractivity contribution in [3.8, 4) is 0 Å². The van der Waals surface area contributed by atoms with E-state index in [0.717, 1.165) is 24.6 Å². The molecule has 0 rings (SSSR count). The van der Waals surface area contributed by atoms with Crippen LogP contribution in [0.1, 0.15) is 103 Å². The SMILES string of the molecule is O=C(NCCCCCCCCCCCCCCCCCCBr)[C@H](O)[C@@H](O)[C@H](O)[C@H](O)CO. The molecule has 0 saturated heterocycles. The molecule has 8 heteroatoms. The van der Waals surface area contributed by atoms with Gasteiger partial charge in [-0.1, -0.05) is 106 Å². The van der Waals surface area contributed by atoms with E-state index in [0.29, 0.717) is 6.54 Å². The van der Waals surface area contributed by atoms with Crippen LogP contribution in [0.3, 0.4) is 0 Å². The third kappa shape index (κ3) is 17.3. The molecule has 0 radical (unpaired) electrons. The van der Waals surface area contributed by atoms with Gasteiger partial charge >= 0.3 is 0 Å². The molecule has 7 nitrogen and oxygen atoms in total. The van der Waals surface area contributed by atoms with E-state index in [1.165, 1.54) is 83.5 Å². The summed E-state index contributed by atoms with van der Waals surface area (Å²) in [5.41, 5.74) is 0. The maximum absolute atomic E-state index is 11.8. The summed E-state index contributed by atoms with van der Waals surface area (Å²) >= 11 is 3.47. The van der Waals surface area contributed by atoms with Crippen LogP contribution in [0, 0.1) is 0 Å². The number of aliphatic hydroxyl groups is 5. The molecule has 6 N–H and O–H groups in total. The van der Waals surface area contributed by atoms with Gasteiger partial charge in [-0.3, -0.25) is 4.79 Å². The first-order valence-corrected chi connectivity index (χ1v) is 13.7. The summed E-state index contributed by atoms with van der Waals surface area (Å²) < 4.78 is 0. The van der Waals surface area contributed by atoms with Crippen molar-refractivity contribution in [2.75, 3.05) is 18.5 Å². The molecule has 0 saturated carbocycles. The number of carbonyl (C=O) groups is 1. The monoisotopic (exact) mass is 525 g/mol. The van der Waals surface area contributed by atoms with Gasteiger partial charge in [0.05, 0.1) is 6.61 Å². The summed E-state index contributed by atoms with van der Waals surface area (Å²) in [7, 11) is 0. The molecule has 0 aromatic heterocycles. The fourth-order valence-corrected chi connectivity index (χ4v) is 4.08. The number of unbranched alkanes of at least 4 members (excludes halogenated alkanes) is 15. The van der Waals surface area contributed by atoms with Crippen LogP contribution in [0.4, 0.5) is 0 Å². The third-order valence-corrected chi connectivity index (χ3v) is 6.44. The molecule has 0 unspecified atom stereocenters. The van der Waals surface area contributed by atoms with Crippen molar-refractivity contribution >= 4 is 21.8 Å². The van der Waals surface area contributed by atoms with Gasteiger partial charge in [0.2, 0.25) is 0 Å². The molecule has 0 aliphatic carbocycles. The Morgan fingerprint density at radius 2 is 1.00 bits per heavy atom. The lowest BCUT2D eigenvalue weighted by Gasteiger charge is -2.24. The van der Waals surface area contributed by atoms with Crippen LogP contribution in [0.2, 0.25) is 0 Å². The van der Waals surface area contributed by atoms with Crippen LogP contribution in [-0.2, 0) is 4.79 Å². The van der Waals surface area contributed by atoms with E-state index in [1.54, 1.807) is 0 Å². The number of carbonyl (C=O) groups excluding carboxylic acids is 1. The lowest BCUT2D eigenvalue weighted by Crippen LogP contribution is -2.51. The average molecular weight is 527 g/mol. The van der Waals surface area contributed by atoms with Gasteiger partial charge in [0.25, 0.3) is 5.91 Å². The topological polar surface area (TPSA) is 130 Å². The molecule has 192 valence electrons. The Hall–Kier alpha value is -0.250. The van der Waals surface area contributed by atoms with Crippen LogP contribution in [0.5, 0.6) is 0 Å². The first kappa shape index (κ1) is 31.8. The lowest BCUT2D eigenvalue weighted by molar-refractivity contribution is -0.148. The van der Waals surface area contributed by atoms with E-state index in [-0.39, 0.29) is 0 Å². The van der Waals surface area contributed by atoms with Crippen LogP contribution >= 0.6 is 15.9 Å². The molecule has 4 atom stereocenters. The summed E-state index contributed by atoms with van der Waals surface area (Å²) in [5, 5.41) is 50.6. The number of nitrogens with one attached hydrogen (secondary N) is 1. The zero-order valence-electron chi connectivity index (χ0n) is 19.8. The van der Waals surface area contributed by atoms with Crippen molar-refractivity contribution in [1.29, 1.82) is 0 Å². The van der Waals surface area contributed by atoms with Crippen molar-refractivity contribution in [3.63, 3.8) is 0 Å². The molecular formula is C24H48BrNO6. The van der Waals surface area contributed by atoms with Gasteiger partial charge in [0.1, 0.15) is 18.3 Å². The highest BCUT2D eigenvalue weighted by atomic mass is 79.9. The van der Waals surface area contributed by atoms with Crippen molar-refractivity contribution in [1.82, 2.24) is 5.32 Å². The number of alkyl halides is 1. The van der Waals surface area contributed by atoms with E-state index < -0.39 is 36.9 Å². The highest BCUT2D eigenvalue weighted by molar-refractivity contribution is 9.09. The fraction of sp³-hybridized carbons (Fsp3) is 0.958. The molecule has 32 heavy (non-hydrogen) atoms. The van der Waals surface area contributed by atoms with E-state index in [2.05, 4.69) is 21.2 Å². The quantitative estimate of drug-likeness (QED) is 0.0896. The molecule has 0 heterocycles. The summed E-state index contributed by atoms with van der Waals surface area (Å²) in [6, 6.07) is 0. The predicted octanol–water partition coefficient (Wildman–Crippen LogP) is 3.18. The Bertz CT molecular complexity index is 429. The molecule has 0 aromatic rings. The zero-order valence-corrected chi connectivity index (χ0v) is 21.4. The minimum absolute atomic E-state index is 0.387. The van der Waals surface area contributed by atoms with Crippen LogP contribution in [0.15, 0.2) is 0 Å². The molecule has 0 aliphatic rings. The smallest absolute Gasteiger partial charge is 0.251 e. The first-order valence-electron chi connectivity index (χ1n) is 12.6. The molecule has 0 aliphatic heterocycles. The summed E-state index contributed by atoms with van der Waals surface area (Å²) in [6.45, 7) is -0.386. The Morgan fingerprint density at radius 1 is 0.625 bits per heavy atom. The number of hydrogen-bond donors (Lipinski definition) is 6. The van der Waals surface area contributed by atoms with Gasteiger partial charge in [-0.2, -0.15) is 0 Å². The fourth-order valence-electron chi connectivity index (χ4n) is 3.69. The van der Waals surface area contributed by atoms with Crippen LogP contribution in [-0.4, -0.2) is 74.3 Å². The Labute approximate surface area is 203 Å². The Kier molecular flexibility index (Phi) is 22.4. The number of hydrogen-bond acceptors (Lipinski definition) is 6. The number of rotatable bonds is 23.